The summed E-state index contributed by atoms with van der Waals surface area (Å²) in [6.45, 7) is 2.03. The molecule has 2 aromatic heterocycles. The summed E-state index contributed by atoms with van der Waals surface area (Å²) in [6, 6.07) is 0.0915. The maximum atomic E-state index is 11.3. The average Bonchev–Trinajstić information content (AvgIpc) is 2.46. The molecule has 0 aliphatic carbocycles. The molecule has 0 saturated carbocycles. The van der Waals surface area contributed by atoms with Gasteiger partial charge in [-0.05, 0) is 30.2 Å². The fraction of sp³-hybridized carbons (Fsp3) is 0.417. The van der Waals surface area contributed by atoms with Crippen molar-refractivity contribution in [2.24, 2.45) is 12.8 Å². The molecule has 3 N–H and O–H groups in total. The predicted octanol–water partition coefficient (Wildman–Crippen LogP) is -0.310. The molecular formula is C12H16N6O2S. The van der Waals surface area contributed by atoms with Crippen molar-refractivity contribution in [2.75, 3.05) is 0 Å². The molecule has 9 heteroatoms. The van der Waals surface area contributed by atoms with Gasteiger partial charge in [0.25, 0.3) is 0 Å². The third kappa shape index (κ3) is 3.99. The first-order valence-electron chi connectivity index (χ1n) is 6.41. The average molecular weight is 308 g/mol. The van der Waals surface area contributed by atoms with Crippen LogP contribution in [0.2, 0.25) is 0 Å². The topological polar surface area (TPSA) is 120 Å². The highest BCUT2D eigenvalue weighted by Gasteiger charge is 2.09. The first kappa shape index (κ1) is 15.4. The van der Waals surface area contributed by atoms with Crippen molar-refractivity contribution in [2.45, 2.75) is 36.1 Å². The first-order valence-corrected chi connectivity index (χ1v) is 7.23. The molecule has 0 spiro atoms. The SMILES string of the molecule is CCC(N)Cc1cnc(Sc2nc(=O)c(=O)[nH]n2C)nc1. The molecule has 0 radical (unpaired) electrons. The number of rotatable bonds is 5. The largest absolute Gasteiger partial charge is 0.339 e. The lowest BCUT2D eigenvalue weighted by atomic mass is 10.1. The molecule has 2 heterocycles. The highest BCUT2D eigenvalue weighted by molar-refractivity contribution is 7.99. The Hall–Kier alpha value is -2.00. The third-order valence-electron chi connectivity index (χ3n) is 2.83. The number of aryl methyl sites for hydroxylation is 1. The maximum absolute atomic E-state index is 11.3. The van der Waals surface area contributed by atoms with Crippen LogP contribution in [0, 0.1) is 0 Å². The predicted molar refractivity (Wildman–Crippen MR) is 78.2 cm³/mol. The van der Waals surface area contributed by atoms with Crippen molar-refractivity contribution in [1.29, 1.82) is 0 Å². The minimum absolute atomic E-state index is 0.0915. The van der Waals surface area contributed by atoms with E-state index in [0.29, 0.717) is 10.3 Å². The number of hydrogen-bond donors (Lipinski definition) is 2. The Kier molecular flexibility index (Phi) is 4.86. The molecule has 21 heavy (non-hydrogen) atoms. The number of aromatic amines is 1. The van der Waals surface area contributed by atoms with E-state index < -0.39 is 11.1 Å². The molecule has 0 aliphatic heterocycles. The van der Waals surface area contributed by atoms with E-state index in [1.54, 1.807) is 19.4 Å². The Morgan fingerprint density at radius 3 is 2.67 bits per heavy atom. The van der Waals surface area contributed by atoms with Gasteiger partial charge in [-0.3, -0.25) is 19.4 Å². The van der Waals surface area contributed by atoms with Gasteiger partial charge in [0, 0.05) is 25.5 Å². The monoisotopic (exact) mass is 308 g/mol. The summed E-state index contributed by atoms with van der Waals surface area (Å²) in [5.74, 6) is 0. The van der Waals surface area contributed by atoms with Crippen molar-refractivity contribution in [3.05, 3.63) is 38.7 Å². The summed E-state index contributed by atoms with van der Waals surface area (Å²) < 4.78 is 1.36. The van der Waals surface area contributed by atoms with Gasteiger partial charge in [0.15, 0.2) is 10.3 Å². The van der Waals surface area contributed by atoms with E-state index in [1.807, 2.05) is 6.92 Å². The standard InChI is InChI=1S/C12H16N6O2S/c1-3-8(13)4-7-5-14-11(15-6-7)21-12-16-9(19)10(20)17-18(12)2/h5-6,8H,3-4,13H2,1-2H3,(H,17,20). The van der Waals surface area contributed by atoms with Crippen molar-refractivity contribution >= 4 is 11.8 Å². The molecule has 2 rings (SSSR count). The van der Waals surface area contributed by atoms with Crippen LogP contribution in [-0.4, -0.2) is 30.8 Å². The van der Waals surface area contributed by atoms with E-state index in [0.717, 1.165) is 30.2 Å². The van der Waals surface area contributed by atoms with Crippen LogP contribution in [0.1, 0.15) is 18.9 Å². The van der Waals surface area contributed by atoms with E-state index in [1.165, 1.54) is 4.68 Å². The second kappa shape index (κ2) is 6.64. The van der Waals surface area contributed by atoms with Crippen LogP contribution >= 0.6 is 11.8 Å². The van der Waals surface area contributed by atoms with Gasteiger partial charge in [0.2, 0.25) is 0 Å². The minimum atomic E-state index is -0.832. The molecule has 0 aliphatic rings. The van der Waals surface area contributed by atoms with Gasteiger partial charge in [0.05, 0.1) is 0 Å². The summed E-state index contributed by atoms with van der Waals surface area (Å²) in [6.07, 6.45) is 5.01. The molecule has 8 nitrogen and oxygen atoms in total. The molecule has 2 aromatic rings. The van der Waals surface area contributed by atoms with Crippen LogP contribution in [-0.2, 0) is 13.5 Å². The van der Waals surface area contributed by atoms with Crippen molar-refractivity contribution in [1.82, 2.24) is 24.7 Å². The second-order valence-electron chi connectivity index (χ2n) is 4.55. The van der Waals surface area contributed by atoms with Gasteiger partial charge in [-0.25, -0.2) is 9.97 Å². The quantitative estimate of drug-likeness (QED) is 0.574. The van der Waals surface area contributed by atoms with Crippen LogP contribution in [0.25, 0.3) is 0 Å². The Labute approximate surface area is 124 Å². The van der Waals surface area contributed by atoms with Crippen LogP contribution < -0.4 is 16.9 Å². The number of nitrogens with two attached hydrogens (primary N) is 1. The van der Waals surface area contributed by atoms with E-state index >= 15 is 0 Å². The second-order valence-corrected chi connectivity index (χ2v) is 5.48. The highest BCUT2D eigenvalue weighted by atomic mass is 32.2. The number of H-pyrrole nitrogens is 1. The normalized spacial score (nSPS) is 12.3. The Balaban J connectivity index is 2.15. The minimum Gasteiger partial charge on any atom is -0.327 e. The number of nitrogens with zero attached hydrogens (tertiary/aromatic N) is 4. The summed E-state index contributed by atoms with van der Waals surface area (Å²) >= 11 is 1.10. The summed E-state index contributed by atoms with van der Waals surface area (Å²) in [4.78, 5) is 34.5. The zero-order valence-corrected chi connectivity index (χ0v) is 12.6. The molecule has 0 fully saturated rings. The summed E-state index contributed by atoms with van der Waals surface area (Å²) in [5.41, 5.74) is 5.24. The van der Waals surface area contributed by atoms with Crippen molar-refractivity contribution < 1.29 is 0 Å². The van der Waals surface area contributed by atoms with E-state index in [9.17, 15) is 9.59 Å². The fourth-order valence-electron chi connectivity index (χ4n) is 1.58. The van der Waals surface area contributed by atoms with Crippen LogP contribution in [0.4, 0.5) is 0 Å². The smallest absolute Gasteiger partial charge is 0.327 e. The lowest BCUT2D eigenvalue weighted by Crippen LogP contribution is -2.33. The lowest BCUT2D eigenvalue weighted by molar-refractivity contribution is 0.595. The number of nitrogens with one attached hydrogen (secondary N) is 1. The molecule has 1 atom stereocenters. The highest BCUT2D eigenvalue weighted by Crippen LogP contribution is 2.19. The first-order chi connectivity index (χ1) is 9.99. The van der Waals surface area contributed by atoms with Crippen LogP contribution in [0.15, 0.2) is 32.3 Å². The number of aromatic nitrogens is 5. The van der Waals surface area contributed by atoms with Gasteiger partial charge < -0.3 is 5.73 Å². The van der Waals surface area contributed by atoms with E-state index in [2.05, 4.69) is 20.1 Å². The molecule has 0 amide bonds. The van der Waals surface area contributed by atoms with Crippen LogP contribution in [0.3, 0.4) is 0 Å². The van der Waals surface area contributed by atoms with Crippen molar-refractivity contribution in [3.63, 3.8) is 0 Å². The Morgan fingerprint density at radius 1 is 1.38 bits per heavy atom. The molecule has 0 bridgehead atoms. The van der Waals surface area contributed by atoms with Gasteiger partial charge >= 0.3 is 11.1 Å². The zero-order valence-electron chi connectivity index (χ0n) is 11.7. The van der Waals surface area contributed by atoms with Crippen molar-refractivity contribution in [3.8, 4) is 0 Å². The Morgan fingerprint density at radius 2 is 2.05 bits per heavy atom. The lowest BCUT2D eigenvalue weighted by Gasteiger charge is -2.08. The van der Waals surface area contributed by atoms with E-state index in [-0.39, 0.29) is 6.04 Å². The molecular weight excluding hydrogens is 292 g/mol. The van der Waals surface area contributed by atoms with Gasteiger partial charge in [-0.2, -0.15) is 4.98 Å². The van der Waals surface area contributed by atoms with E-state index in [4.69, 9.17) is 5.73 Å². The molecule has 112 valence electrons. The Bertz CT molecular complexity index is 724. The molecule has 0 aromatic carbocycles. The maximum Gasteiger partial charge on any atom is 0.339 e. The molecule has 0 saturated heterocycles. The number of hydrogen-bond acceptors (Lipinski definition) is 7. The fourth-order valence-corrected chi connectivity index (χ4v) is 2.27. The van der Waals surface area contributed by atoms with Gasteiger partial charge in [-0.1, -0.05) is 6.92 Å². The van der Waals surface area contributed by atoms with Gasteiger partial charge in [-0.15, -0.1) is 0 Å². The van der Waals surface area contributed by atoms with Gasteiger partial charge in [0.1, 0.15) is 0 Å². The zero-order chi connectivity index (χ0) is 15.4. The molecule has 1 unspecified atom stereocenters. The summed E-state index contributed by atoms with van der Waals surface area (Å²) in [7, 11) is 1.59. The summed E-state index contributed by atoms with van der Waals surface area (Å²) in [5, 5.41) is 3.13. The van der Waals surface area contributed by atoms with Crippen LogP contribution in [0.5, 0.6) is 0 Å². The third-order valence-corrected chi connectivity index (χ3v) is 3.78.